The zero-order valence-electron chi connectivity index (χ0n) is 17.1. The first kappa shape index (κ1) is 20.6. The summed E-state index contributed by atoms with van der Waals surface area (Å²) in [4.78, 5) is 38.5. The normalized spacial score (nSPS) is 15.6. The van der Waals surface area contributed by atoms with Crippen LogP contribution in [0.15, 0.2) is 64.3 Å². The number of hydrogen-bond donors (Lipinski definition) is 1. The number of rotatable bonds is 4. The lowest BCUT2D eigenvalue weighted by Crippen LogP contribution is -2.45. The van der Waals surface area contributed by atoms with Crippen molar-refractivity contribution in [1.29, 1.82) is 0 Å². The van der Waals surface area contributed by atoms with Crippen LogP contribution in [0, 0.1) is 6.92 Å². The largest absolute Gasteiger partial charge is 0.318 e. The average Bonchev–Trinajstić information content (AvgIpc) is 3.09. The van der Waals surface area contributed by atoms with Gasteiger partial charge in [0.1, 0.15) is 16.6 Å². The summed E-state index contributed by atoms with van der Waals surface area (Å²) in [5, 5.41) is 2.52. The van der Waals surface area contributed by atoms with Crippen LogP contribution in [0.25, 0.3) is 5.69 Å². The number of amides is 2. The summed E-state index contributed by atoms with van der Waals surface area (Å²) in [5.74, 6) is -1.56. The average molecular weight is 440 g/mol. The highest BCUT2D eigenvalue weighted by molar-refractivity contribution is 7.90. The van der Waals surface area contributed by atoms with Gasteiger partial charge in [-0.25, -0.2) is 17.4 Å². The van der Waals surface area contributed by atoms with E-state index in [9.17, 15) is 22.8 Å². The van der Waals surface area contributed by atoms with Crippen molar-refractivity contribution < 1.29 is 18.0 Å². The maximum absolute atomic E-state index is 13.0. The summed E-state index contributed by atoms with van der Waals surface area (Å²) >= 11 is 0. The van der Waals surface area contributed by atoms with E-state index in [1.165, 1.54) is 29.8 Å². The maximum atomic E-state index is 13.0. The number of para-hydroxylation sites is 1. The van der Waals surface area contributed by atoms with Crippen molar-refractivity contribution >= 4 is 27.5 Å². The molecule has 1 aromatic heterocycles. The van der Waals surface area contributed by atoms with Crippen LogP contribution in [0.3, 0.4) is 0 Å². The number of carbonyl (C=O) groups excluding carboxylic acids is 2. The Labute approximate surface area is 178 Å². The predicted octanol–water partition coefficient (Wildman–Crippen LogP) is 1.66. The third-order valence-electron chi connectivity index (χ3n) is 5.39. The third-order valence-corrected chi connectivity index (χ3v) is 7.30. The van der Waals surface area contributed by atoms with Crippen molar-refractivity contribution in [3.63, 3.8) is 0 Å². The number of fused-ring (bicyclic) bond motifs is 1. The summed E-state index contributed by atoms with van der Waals surface area (Å²) < 4.78 is 29.2. The van der Waals surface area contributed by atoms with Crippen LogP contribution in [-0.2, 0) is 21.9 Å². The highest BCUT2D eigenvalue weighted by atomic mass is 32.2. The second-order valence-corrected chi connectivity index (χ2v) is 8.99. The number of benzene rings is 2. The van der Waals surface area contributed by atoms with Crippen LogP contribution >= 0.6 is 0 Å². The van der Waals surface area contributed by atoms with E-state index < -0.39 is 33.4 Å². The van der Waals surface area contributed by atoms with Gasteiger partial charge in [0.2, 0.25) is 5.91 Å². The molecule has 0 spiro atoms. The molecule has 4 rings (SSSR count). The lowest BCUT2D eigenvalue weighted by molar-refractivity contribution is -0.118. The van der Waals surface area contributed by atoms with Gasteiger partial charge in [0, 0.05) is 7.05 Å². The minimum Gasteiger partial charge on any atom is -0.318 e. The van der Waals surface area contributed by atoms with E-state index in [1.807, 2.05) is 6.07 Å². The Morgan fingerprint density at radius 1 is 1.00 bits per heavy atom. The number of sulfonamides is 1. The molecule has 0 aliphatic carbocycles. The summed E-state index contributed by atoms with van der Waals surface area (Å²) in [7, 11) is -2.49. The Kier molecular flexibility index (Phi) is 4.81. The first-order chi connectivity index (χ1) is 14.7. The summed E-state index contributed by atoms with van der Waals surface area (Å²) in [6.07, 6.45) is 0. The predicted molar refractivity (Wildman–Crippen MR) is 114 cm³/mol. The SMILES string of the molecule is Cc1c(NC(=O)[C@H](C)N2C(=O)c3ccccc3S2(=O)=O)c(=O)n(-c2ccccc2)n1C. The monoisotopic (exact) mass is 440 g/mol. The van der Waals surface area contributed by atoms with Crippen molar-refractivity contribution in [3.05, 3.63) is 76.2 Å². The zero-order valence-corrected chi connectivity index (χ0v) is 17.9. The van der Waals surface area contributed by atoms with E-state index in [0.717, 1.165) is 0 Å². The fraction of sp³-hybridized carbons (Fsp3) is 0.190. The van der Waals surface area contributed by atoms with E-state index >= 15 is 0 Å². The Morgan fingerprint density at radius 2 is 1.61 bits per heavy atom. The van der Waals surface area contributed by atoms with E-state index in [1.54, 1.807) is 49.0 Å². The molecule has 31 heavy (non-hydrogen) atoms. The molecule has 10 heteroatoms. The summed E-state index contributed by atoms with van der Waals surface area (Å²) in [6, 6.07) is 13.3. The minimum absolute atomic E-state index is 0.0180. The van der Waals surface area contributed by atoms with Crippen molar-refractivity contribution in [1.82, 2.24) is 13.7 Å². The van der Waals surface area contributed by atoms with Gasteiger partial charge in [-0.2, -0.15) is 0 Å². The molecule has 0 bridgehead atoms. The molecule has 2 aromatic carbocycles. The maximum Gasteiger partial charge on any atom is 0.295 e. The summed E-state index contributed by atoms with van der Waals surface area (Å²) in [5.41, 5.74) is 0.660. The van der Waals surface area contributed by atoms with Crippen LogP contribution in [0.5, 0.6) is 0 Å². The first-order valence-corrected chi connectivity index (χ1v) is 10.9. The number of nitrogens with zero attached hydrogens (tertiary/aromatic N) is 3. The molecule has 1 aliphatic rings. The van der Waals surface area contributed by atoms with Gasteiger partial charge < -0.3 is 5.32 Å². The van der Waals surface area contributed by atoms with Crippen LogP contribution in [0.1, 0.15) is 23.0 Å². The Bertz CT molecular complexity index is 1370. The van der Waals surface area contributed by atoms with Gasteiger partial charge in [-0.15, -0.1) is 0 Å². The number of hydrogen-bond acceptors (Lipinski definition) is 5. The zero-order chi connectivity index (χ0) is 22.5. The van der Waals surface area contributed by atoms with Crippen LogP contribution < -0.4 is 10.9 Å². The molecular weight excluding hydrogens is 420 g/mol. The fourth-order valence-corrected chi connectivity index (χ4v) is 5.36. The molecule has 0 fully saturated rings. The molecule has 9 nitrogen and oxygen atoms in total. The fourth-order valence-electron chi connectivity index (χ4n) is 3.63. The molecule has 0 saturated heterocycles. The molecule has 0 unspecified atom stereocenters. The second-order valence-electron chi connectivity index (χ2n) is 7.20. The lowest BCUT2D eigenvalue weighted by Gasteiger charge is -2.22. The number of carbonyl (C=O) groups is 2. The van der Waals surface area contributed by atoms with Crippen molar-refractivity contribution in [2.24, 2.45) is 7.05 Å². The molecule has 160 valence electrons. The van der Waals surface area contributed by atoms with E-state index in [-0.39, 0.29) is 16.1 Å². The standard InChI is InChI=1S/C21H20N4O5S/c1-13-18(21(28)24(23(13)3)15-9-5-4-6-10-15)22-19(26)14(2)25-20(27)16-11-7-8-12-17(16)31(25,29)30/h4-12,14H,1-3H3,(H,22,26)/t14-/m0/s1. The van der Waals surface area contributed by atoms with Gasteiger partial charge in [-0.1, -0.05) is 30.3 Å². The molecule has 1 aliphatic heterocycles. The number of anilines is 1. The Balaban J connectivity index is 1.67. The number of nitrogens with one attached hydrogen (secondary N) is 1. The Morgan fingerprint density at radius 3 is 2.26 bits per heavy atom. The van der Waals surface area contributed by atoms with Gasteiger partial charge in [-0.3, -0.25) is 19.1 Å². The van der Waals surface area contributed by atoms with Crippen molar-refractivity contribution in [3.8, 4) is 5.69 Å². The van der Waals surface area contributed by atoms with Crippen molar-refractivity contribution in [2.45, 2.75) is 24.8 Å². The van der Waals surface area contributed by atoms with Gasteiger partial charge in [-0.05, 0) is 38.1 Å². The number of aromatic nitrogens is 2. The van der Waals surface area contributed by atoms with Gasteiger partial charge >= 0.3 is 0 Å². The molecule has 1 N–H and O–H groups in total. The van der Waals surface area contributed by atoms with Gasteiger partial charge in [0.15, 0.2) is 0 Å². The summed E-state index contributed by atoms with van der Waals surface area (Å²) in [6.45, 7) is 2.97. The second kappa shape index (κ2) is 7.24. The molecule has 1 atom stereocenters. The van der Waals surface area contributed by atoms with Crippen LogP contribution in [0.2, 0.25) is 0 Å². The smallest absolute Gasteiger partial charge is 0.295 e. The van der Waals surface area contributed by atoms with Gasteiger partial charge in [0.05, 0.1) is 16.9 Å². The molecular formula is C21H20N4O5S. The van der Waals surface area contributed by atoms with Crippen LogP contribution in [0.4, 0.5) is 5.69 Å². The van der Waals surface area contributed by atoms with Gasteiger partial charge in [0.25, 0.3) is 21.5 Å². The van der Waals surface area contributed by atoms with Crippen LogP contribution in [-0.4, -0.2) is 39.9 Å². The molecule has 2 heterocycles. The quantitative estimate of drug-likeness (QED) is 0.663. The highest BCUT2D eigenvalue weighted by Crippen LogP contribution is 2.32. The molecule has 3 aromatic rings. The molecule has 0 saturated carbocycles. The molecule has 0 radical (unpaired) electrons. The lowest BCUT2D eigenvalue weighted by atomic mass is 10.2. The van der Waals surface area contributed by atoms with Crippen molar-refractivity contribution in [2.75, 3.05) is 5.32 Å². The Hall–Kier alpha value is -3.66. The van der Waals surface area contributed by atoms with E-state index in [4.69, 9.17) is 0 Å². The highest BCUT2D eigenvalue weighted by Gasteiger charge is 2.45. The van der Waals surface area contributed by atoms with E-state index in [0.29, 0.717) is 15.7 Å². The first-order valence-electron chi connectivity index (χ1n) is 9.49. The third kappa shape index (κ3) is 3.07. The molecule has 2 amide bonds. The van der Waals surface area contributed by atoms with E-state index in [2.05, 4.69) is 5.32 Å². The topological polar surface area (TPSA) is 110 Å². The minimum atomic E-state index is -4.16.